The summed E-state index contributed by atoms with van der Waals surface area (Å²) >= 11 is 0. The number of nitrogens with one attached hydrogen (secondary N) is 1. The summed E-state index contributed by atoms with van der Waals surface area (Å²) in [6.07, 6.45) is 2.57. The summed E-state index contributed by atoms with van der Waals surface area (Å²) in [5.41, 5.74) is 0. The van der Waals surface area contributed by atoms with Crippen molar-refractivity contribution in [3.05, 3.63) is 23.8 Å². The van der Waals surface area contributed by atoms with Gasteiger partial charge in [-0.1, -0.05) is 6.92 Å². The van der Waals surface area contributed by atoms with Crippen molar-refractivity contribution in [2.75, 3.05) is 6.54 Å². The number of hydrogen-bond donors (Lipinski definition) is 1. The van der Waals surface area contributed by atoms with Crippen LogP contribution in [0.25, 0.3) is 0 Å². The summed E-state index contributed by atoms with van der Waals surface area (Å²) in [4.78, 5) is 10.3. The van der Waals surface area contributed by atoms with Gasteiger partial charge in [0.2, 0.25) is 5.91 Å². The SMILES string of the molecule is CC/C=C(F)\C(F)=C/CNC(C)=O. The van der Waals surface area contributed by atoms with Crippen molar-refractivity contribution in [2.24, 2.45) is 0 Å². The van der Waals surface area contributed by atoms with E-state index in [0.29, 0.717) is 6.42 Å². The number of allylic oxidation sites excluding steroid dienone is 3. The molecule has 0 aromatic heterocycles. The maximum absolute atomic E-state index is 12.7. The fourth-order valence-electron chi connectivity index (χ4n) is 0.659. The van der Waals surface area contributed by atoms with E-state index >= 15 is 0 Å². The van der Waals surface area contributed by atoms with E-state index in [-0.39, 0.29) is 12.5 Å². The molecule has 0 aliphatic heterocycles. The van der Waals surface area contributed by atoms with Crippen molar-refractivity contribution in [3.8, 4) is 0 Å². The van der Waals surface area contributed by atoms with E-state index in [1.54, 1.807) is 6.92 Å². The van der Waals surface area contributed by atoms with Crippen molar-refractivity contribution >= 4 is 5.91 Å². The highest BCUT2D eigenvalue weighted by Crippen LogP contribution is 2.12. The molecule has 13 heavy (non-hydrogen) atoms. The van der Waals surface area contributed by atoms with Crippen LogP contribution in [-0.4, -0.2) is 12.5 Å². The second-order valence-corrected chi connectivity index (χ2v) is 2.45. The van der Waals surface area contributed by atoms with Gasteiger partial charge in [0.15, 0.2) is 11.7 Å². The summed E-state index contributed by atoms with van der Waals surface area (Å²) in [7, 11) is 0. The van der Waals surface area contributed by atoms with Crippen molar-refractivity contribution in [1.82, 2.24) is 5.32 Å². The van der Waals surface area contributed by atoms with Crippen LogP contribution in [0, 0.1) is 0 Å². The Kier molecular flexibility index (Phi) is 5.76. The Balaban J connectivity index is 4.01. The predicted octanol–water partition coefficient (Wildman–Crippen LogP) is 2.24. The normalized spacial score (nSPS) is 12.9. The third-order valence-electron chi connectivity index (χ3n) is 1.24. The molecule has 2 nitrogen and oxygen atoms in total. The minimum Gasteiger partial charge on any atom is -0.353 e. The zero-order chi connectivity index (χ0) is 10.3. The molecule has 4 heteroatoms. The second-order valence-electron chi connectivity index (χ2n) is 2.45. The maximum atomic E-state index is 12.7. The first-order valence-electron chi connectivity index (χ1n) is 4.04. The quantitative estimate of drug-likeness (QED) is 0.675. The Hall–Kier alpha value is -1.19. The number of carbonyl (C=O) groups excluding carboxylic acids is 1. The van der Waals surface area contributed by atoms with Crippen LogP contribution >= 0.6 is 0 Å². The van der Waals surface area contributed by atoms with Gasteiger partial charge >= 0.3 is 0 Å². The fourth-order valence-corrected chi connectivity index (χ4v) is 0.659. The average Bonchev–Trinajstić information content (AvgIpc) is 2.04. The minimum atomic E-state index is -0.935. The van der Waals surface area contributed by atoms with Crippen molar-refractivity contribution in [1.29, 1.82) is 0 Å². The van der Waals surface area contributed by atoms with Crippen LogP contribution in [0.3, 0.4) is 0 Å². The molecule has 0 fully saturated rings. The fraction of sp³-hybridized carbons (Fsp3) is 0.444. The van der Waals surface area contributed by atoms with Gasteiger partial charge in [0, 0.05) is 13.5 Å². The molecule has 0 saturated carbocycles. The maximum Gasteiger partial charge on any atom is 0.217 e. The van der Waals surface area contributed by atoms with Gasteiger partial charge in [0.05, 0.1) is 0 Å². The number of hydrogen-bond acceptors (Lipinski definition) is 1. The van der Waals surface area contributed by atoms with Gasteiger partial charge in [-0.3, -0.25) is 4.79 Å². The Morgan fingerprint density at radius 3 is 2.31 bits per heavy atom. The monoisotopic (exact) mass is 189 g/mol. The molecular weight excluding hydrogens is 176 g/mol. The molecule has 1 N–H and O–H groups in total. The molecule has 74 valence electrons. The van der Waals surface area contributed by atoms with Crippen LogP contribution in [0.15, 0.2) is 23.8 Å². The standard InChI is InChI=1S/C9H13F2NO/c1-3-4-8(10)9(11)5-6-12-7(2)13/h4-5H,3,6H2,1-2H3,(H,12,13)/b8-4+,9-5+. The highest BCUT2D eigenvalue weighted by Gasteiger charge is 2.00. The second kappa shape index (κ2) is 6.34. The van der Waals surface area contributed by atoms with E-state index in [2.05, 4.69) is 5.32 Å². The molecule has 0 aromatic rings. The lowest BCUT2D eigenvalue weighted by atomic mass is 10.3. The zero-order valence-corrected chi connectivity index (χ0v) is 7.73. The summed E-state index contributed by atoms with van der Waals surface area (Å²) < 4.78 is 25.3. The molecule has 0 radical (unpaired) electrons. The highest BCUT2D eigenvalue weighted by molar-refractivity contribution is 5.72. The lowest BCUT2D eigenvalue weighted by Gasteiger charge is -1.96. The number of carbonyl (C=O) groups is 1. The Morgan fingerprint density at radius 2 is 1.85 bits per heavy atom. The summed E-state index contributed by atoms with van der Waals surface area (Å²) in [6.45, 7) is 3.02. The Morgan fingerprint density at radius 1 is 1.31 bits per heavy atom. The smallest absolute Gasteiger partial charge is 0.217 e. The molecule has 0 saturated heterocycles. The highest BCUT2D eigenvalue weighted by atomic mass is 19.2. The van der Waals surface area contributed by atoms with Crippen LogP contribution < -0.4 is 5.32 Å². The largest absolute Gasteiger partial charge is 0.353 e. The average molecular weight is 189 g/mol. The first-order valence-corrected chi connectivity index (χ1v) is 4.04. The number of amides is 1. The molecule has 0 aromatic carbocycles. The van der Waals surface area contributed by atoms with Crippen LogP contribution in [0.5, 0.6) is 0 Å². The van der Waals surface area contributed by atoms with Crippen molar-refractivity contribution < 1.29 is 13.6 Å². The topological polar surface area (TPSA) is 29.1 Å². The van der Waals surface area contributed by atoms with E-state index in [4.69, 9.17) is 0 Å². The predicted molar refractivity (Wildman–Crippen MR) is 47.4 cm³/mol. The lowest BCUT2D eigenvalue weighted by molar-refractivity contribution is -0.118. The minimum absolute atomic E-state index is 0.00609. The Labute approximate surface area is 76.3 Å². The third-order valence-corrected chi connectivity index (χ3v) is 1.24. The van der Waals surface area contributed by atoms with Crippen LogP contribution in [0.4, 0.5) is 8.78 Å². The number of halogens is 2. The van der Waals surface area contributed by atoms with Gasteiger partial charge in [0.25, 0.3) is 0 Å². The number of rotatable bonds is 4. The first-order chi connectivity index (χ1) is 6.07. The summed E-state index contributed by atoms with van der Waals surface area (Å²) in [5.74, 6) is -2.09. The molecule has 0 spiro atoms. The molecule has 0 aliphatic carbocycles. The molecule has 0 rings (SSSR count). The van der Waals surface area contributed by atoms with Gasteiger partial charge in [0.1, 0.15) is 0 Å². The van der Waals surface area contributed by atoms with E-state index in [9.17, 15) is 13.6 Å². The van der Waals surface area contributed by atoms with E-state index in [1.807, 2.05) is 0 Å². The molecule has 0 heterocycles. The van der Waals surface area contributed by atoms with E-state index < -0.39 is 11.7 Å². The van der Waals surface area contributed by atoms with Crippen molar-refractivity contribution in [3.63, 3.8) is 0 Å². The third kappa shape index (κ3) is 6.02. The van der Waals surface area contributed by atoms with Crippen LogP contribution in [0.2, 0.25) is 0 Å². The van der Waals surface area contributed by atoms with Gasteiger partial charge in [-0.2, -0.15) is 0 Å². The van der Waals surface area contributed by atoms with Gasteiger partial charge in [-0.05, 0) is 18.6 Å². The zero-order valence-electron chi connectivity index (χ0n) is 7.73. The molecule has 0 aliphatic rings. The molecule has 0 atom stereocenters. The van der Waals surface area contributed by atoms with Gasteiger partial charge < -0.3 is 5.32 Å². The van der Waals surface area contributed by atoms with Gasteiger partial charge in [-0.15, -0.1) is 0 Å². The molecular formula is C9H13F2NO. The molecule has 0 bridgehead atoms. The van der Waals surface area contributed by atoms with Crippen molar-refractivity contribution in [2.45, 2.75) is 20.3 Å². The first kappa shape index (κ1) is 11.8. The lowest BCUT2D eigenvalue weighted by Crippen LogP contribution is -2.19. The molecule has 1 amide bonds. The van der Waals surface area contributed by atoms with Crippen LogP contribution in [0.1, 0.15) is 20.3 Å². The van der Waals surface area contributed by atoms with E-state index in [0.717, 1.165) is 12.2 Å². The van der Waals surface area contributed by atoms with E-state index in [1.165, 1.54) is 6.92 Å². The summed E-state index contributed by atoms with van der Waals surface area (Å²) in [5, 5.41) is 2.32. The summed E-state index contributed by atoms with van der Waals surface area (Å²) in [6, 6.07) is 0. The molecule has 0 unspecified atom stereocenters. The Bertz CT molecular complexity index is 234. The van der Waals surface area contributed by atoms with Gasteiger partial charge in [-0.25, -0.2) is 8.78 Å². The van der Waals surface area contributed by atoms with Crippen LogP contribution in [-0.2, 0) is 4.79 Å².